The molecule has 3 aromatic rings. The van der Waals surface area contributed by atoms with Gasteiger partial charge < -0.3 is 9.88 Å². The topological polar surface area (TPSA) is 37.9 Å². The Hall–Kier alpha value is -2.10. The third kappa shape index (κ3) is 1.18. The van der Waals surface area contributed by atoms with E-state index in [9.17, 15) is 4.79 Å². The van der Waals surface area contributed by atoms with Gasteiger partial charge in [-0.3, -0.25) is 4.79 Å². The molecule has 0 bridgehead atoms. The highest BCUT2D eigenvalue weighted by atomic mass is 16.1. The average molecular weight is 228 g/mol. The van der Waals surface area contributed by atoms with E-state index < -0.39 is 0 Å². The molecule has 86 valence electrons. The van der Waals surface area contributed by atoms with Gasteiger partial charge in [0.05, 0.1) is 22.0 Å². The van der Waals surface area contributed by atoms with Crippen molar-refractivity contribution in [2.45, 2.75) is 0 Å². The lowest BCUT2D eigenvalue weighted by atomic mass is 10.1. The van der Waals surface area contributed by atoms with Crippen molar-refractivity contribution in [3.8, 4) is 0 Å². The molecule has 0 spiro atoms. The summed E-state index contributed by atoms with van der Waals surface area (Å²) < 4.78 is 3.94. The average Bonchev–Trinajstić information content (AvgIpc) is 2.64. The summed E-state index contributed by atoms with van der Waals surface area (Å²) in [6, 6.07) is 3.95. The van der Waals surface area contributed by atoms with Gasteiger partial charge in [-0.15, -0.1) is 0 Å². The van der Waals surface area contributed by atoms with Crippen LogP contribution in [0.15, 0.2) is 29.3 Å². The molecule has 3 rings (SSSR count). The SMILES string of the molecule is CNc1cc2c3c(ccn2C)c[n+](C)c3c1=O. The Bertz CT molecular complexity index is 773. The fraction of sp³-hybridized carbons (Fsp3) is 0.231. The van der Waals surface area contributed by atoms with Gasteiger partial charge in [0.1, 0.15) is 7.05 Å². The number of benzene rings is 1. The molecule has 4 heteroatoms. The Morgan fingerprint density at radius 2 is 2.18 bits per heavy atom. The van der Waals surface area contributed by atoms with E-state index in [4.69, 9.17) is 0 Å². The number of aromatic nitrogens is 2. The van der Waals surface area contributed by atoms with Crippen LogP contribution in [0.5, 0.6) is 0 Å². The second-order valence-corrected chi connectivity index (χ2v) is 4.37. The Morgan fingerprint density at radius 1 is 1.41 bits per heavy atom. The molecule has 0 aliphatic carbocycles. The van der Waals surface area contributed by atoms with E-state index >= 15 is 0 Å². The van der Waals surface area contributed by atoms with Gasteiger partial charge in [-0.25, -0.2) is 0 Å². The lowest BCUT2D eigenvalue weighted by Crippen LogP contribution is -2.30. The summed E-state index contributed by atoms with van der Waals surface area (Å²) in [5, 5.41) is 5.12. The Kier molecular flexibility index (Phi) is 1.90. The molecule has 1 N–H and O–H groups in total. The zero-order valence-electron chi connectivity index (χ0n) is 10.1. The Labute approximate surface area is 98.4 Å². The predicted octanol–water partition coefficient (Wildman–Crippen LogP) is 0.996. The molecule has 2 aromatic heterocycles. The molecule has 1 aromatic carbocycles. The highest BCUT2D eigenvalue weighted by Crippen LogP contribution is 2.24. The monoisotopic (exact) mass is 228 g/mol. The molecule has 0 fully saturated rings. The van der Waals surface area contributed by atoms with Crippen LogP contribution >= 0.6 is 0 Å². The number of nitrogens with zero attached hydrogens (tertiary/aromatic N) is 2. The summed E-state index contributed by atoms with van der Waals surface area (Å²) >= 11 is 0. The summed E-state index contributed by atoms with van der Waals surface area (Å²) in [6.07, 6.45) is 4.01. The van der Waals surface area contributed by atoms with E-state index in [2.05, 4.69) is 5.32 Å². The zero-order valence-corrected chi connectivity index (χ0v) is 10.1. The Morgan fingerprint density at radius 3 is 2.88 bits per heavy atom. The minimum Gasteiger partial charge on any atom is -0.385 e. The van der Waals surface area contributed by atoms with Crippen LogP contribution in [0.25, 0.3) is 21.8 Å². The molecule has 0 aliphatic rings. The van der Waals surface area contributed by atoms with Crippen molar-refractivity contribution in [3.63, 3.8) is 0 Å². The van der Waals surface area contributed by atoms with Crippen molar-refractivity contribution in [2.75, 3.05) is 12.4 Å². The molecular weight excluding hydrogens is 214 g/mol. The minimum absolute atomic E-state index is 0.0590. The van der Waals surface area contributed by atoms with Gasteiger partial charge in [-0.1, -0.05) is 0 Å². The first-order valence-electron chi connectivity index (χ1n) is 5.55. The van der Waals surface area contributed by atoms with E-state index in [1.165, 1.54) is 0 Å². The van der Waals surface area contributed by atoms with Crippen LogP contribution in [0.3, 0.4) is 0 Å². The summed E-state index contributed by atoms with van der Waals surface area (Å²) in [6.45, 7) is 0. The maximum Gasteiger partial charge on any atom is 0.273 e. The maximum absolute atomic E-state index is 12.3. The van der Waals surface area contributed by atoms with Crippen LogP contribution in [-0.4, -0.2) is 11.6 Å². The standard InChI is InChI=1S/C13H13N3O/c1-14-9-6-10-11-8(4-5-15(10)2)7-16(3)12(11)13(9)17/h4-7H,1-3H3/p+1. The van der Waals surface area contributed by atoms with E-state index in [1.807, 2.05) is 47.8 Å². The largest absolute Gasteiger partial charge is 0.385 e. The first kappa shape index (κ1) is 10.1. The highest BCUT2D eigenvalue weighted by molar-refractivity contribution is 6.07. The van der Waals surface area contributed by atoms with Crippen molar-refractivity contribution in [3.05, 3.63) is 34.7 Å². The number of hydrogen-bond donors (Lipinski definition) is 1. The fourth-order valence-corrected chi connectivity index (χ4v) is 2.46. The summed E-state index contributed by atoms with van der Waals surface area (Å²) in [5.74, 6) is 0. The third-order valence-electron chi connectivity index (χ3n) is 3.33. The first-order chi connectivity index (χ1) is 8.13. The lowest BCUT2D eigenvalue weighted by Gasteiger charge is -2.05. The van der Waals surface area contributed by atoms with Crippen LogP contribution in [0.2, 0.25) is 0 Å². The number of nitrogens with one attached hydrogen (secondary N) is 1. The van der Waals surface area contributed by atoms with Gasteiger partial charge >= 0.3 is 0 Å². The number of aryl methyl sites for hydroxylation is 2. The summed E-state index contributed by atoms with van der Waals surface area (Å²) in [7, 11) is 5.68. The van der Waals surface area contributed by atoms with E-state index in [-0.39, 0.29) is 5.43 Å². The quantitative estimate of drug-likeness (QED) is 0.631. The predicted molar refractivity (Wildman–Crippen MR) is 68.6 cm³/mol. The molecule has 0 amide bonds. The van der Waals surface area contributed by atoms with Gasteiger partial charge in [0.2, 0.25) is 0 Å². The van der Waals surface area contributed by atoms with E-state index in [0.717, 1.165) is 21.8 Å². The number of rotatable bonds is 1. The van der Waals surface area contributed by atoms with Crippen LogP contribution < -0.4 is 15.3 Å². The molecule has 4 nitrogen and oxygen atoms in total. The molecule has 0 atom stereocenters. The number of anilines is 1. The molecule has 17 heavy (non-hydrogen) atoms. The van der Waals surface area contributed by atoms with Crippen LogP contribution in [0, 0.1) is 0 Å². The molecule has 0 unspecified atom stereocenters. The maximum atomic E-state index is 12.3. The van der Waals surface area contributed by atoms with Gasteiger partial charge in [-0.05, 0) is 12.1 Å². The zero-order chi connectivity index (χ0) is 12.2. The Balaban J connectivity index is 2.70. The number of pyridine rings is 1. The normalized spacial score (nSPS) is 11.5. The second kappa shape index (κ2) is 3.20. The van der Waals surface area contributed by atoms with E-state index in [0.29, 0.717) is 5.69 Å². The van der Waals surface area contributed by atoms with Crippen molar-refractivity contribution in [2.24, 2.45) is 14.1 Å². The second-order valence-electron chi connectivity index (χ2n) is 4.37. The third-order valence-corrected chi connectivity index (χ3v) is 3.33. The highest BCUT2D eigenvalue weighted by Gasteiger charge is 2.20. The molecule has 0 aliphatic heterocycles. The van der Waals surface area contributed by atoms with E-state index in [1.54, 1.807) is 7.05 Å². The van der Waals surface area contributed by atoms with Crippen LogP contribution in [-0.2, 0) is 14.1 Å². The van der Waals surface area contributed by atoms with Gasteiger partial charge in [-0.2, -0.15) is 4.57 Å². The minimum atomic E-state index is 0.0590. The molecular formula is C13H14N3O+. The summed E-state index contributed by atoms with van der Waals surface area (Å²) in [4.78, 5) is 12.3. The fourth-order valence-electron chi connectivity index (χ4n) is 2.46. The molecule has 0 saturated carbocycles. The lowest BCUT2D eigenvalue weighted by molar-refractivity contribution is -0.642. The molecule has 0 saturated heterocycles. The van der Waals surface area contributed by atoms with Crippen molar-refractivity contribution in [1.29, 1.82) is 0 Å². The van der Waals surface area contributed by atoms with Crippen LogP contribution in [0.1, 0.15) is 0 Å². The van der Waals surface area contributed by atoms with Gasteiger partial charge in [0, 0.05) is 20.3 Å². The van der Waals surface area contributed by atoms with Crippen molar-refractivity contribution < 1.29 is 4.57 Å². The summed E-state index contributed by atoms with van der Waals surface area (Å²) in [5.41, 5.74) is 2.53. The smallest absolute Gasteiger partial charge is 0.273 e. The number of hydrogen-bond acceptors (Lipinski definition) is 2. The first-order valence-corrected chi connectivity index (χ1v) is 5.55. The molecule has 2 heterocycles. The van der Waals surface area contributed by atoms with Crippen molar-refractivity contribution in [1.82, 2.24) is 4.57 Å². The van der Waals surface area contributed by atoms with Crippen molar-refractivity contribution >= 4 is 27.5 Å². The van der Waals surface area contributed by atoms with Gasteiger partial charge in [0.25, 0.3) is 10.9 Å². The van der Waals surface area contributed by atoms with Crippen LogP contribution in [0.4, 0.5) is 5.69 Å². The molecule has 0 radical (unpaired) electrons. The van der Waals surface area contributed by atoms with Gasteiger partial charge in [0.15, 0.2) is 6.20 Å².